The van der Waals surface area contributed by atoms with Gasteiger partial charge in [0.2, 0.25) is 5.88 Å². The van der Waals surface area contributed by atoms with Gasteiger partial charge < -0.3 is 14.6 Å². The van der Waals surface area contributed by atoms with Crippen LogP contribution in [0.2, 0.25) is 0 Å². The van der Waals surface area contributed by atoms with Crippen LogP contribution in [0.3, 0.4) is 0 Å². The van der Waals surface area contributed by atoms with E-state index in [1.807, 2.05) is 65.7 Å². The fourth-order valence-electron chi connectivity index (χ4n) is 5.00. The minimum absolute atomic E-state index is 0.00757. The highest BCUT2D eigenvalue weighted by atomic mass is 16.5. The number of anilines is 1. The van der Waals surface area contributed by atoms with Crippen molar-refractivity contribution in [1.29, 1.82) is 5.26 Å². The summed E-state index contributed by atoms with van der Waals surface area (Å²) in [4.78, 5) is 22.9. The van der Waals surface area contributed by atoms with E-state index in [1.165, 1.54) is 6.33 Å². The van der Waals surface area contributed by atoms with E-state index in [1.54, 1.807) is 6.33 Å². The van der Waals surface area contributed by atoms with Crippen LogP contribution < -0.4 is 9.64 Å². The van der Waals surface area contributed by atoms with Crippen LogP contribution in [0.1, 0.15) is 25.3 Å². The fraction of sp³-hybridized carbons (Fsp3) is 0.259. The summed E-state index contributed by atoms with van der Waals surface area (Å²) in [7, 11) is 0. The Kier molecular flexibility index (Phi) is 6.17. The molecule has 1 aliphatic heterocycles. The monoisotopic (exact) mass is 491 g/mol. The van der Waals surface area contributed by atoms with E-state index in [2.05, 4.69) is 41.0 Å². The second-order valence-electron chi connectivity index (χ2n) is 9.05. The number of nitrogens with one attached hydrogen (secondary N) is 1. The minimum atomic E-state index is -0.00757. The fourth-order valence-corrected chi connectivity index (χ4v) is 5.00. The molecule has 0 radical (unpaired) electrons. The van der Waals surface area contributed by atoms with E-state index in [0.717, 1.165) is 59.8 Å². The number of ether oxygens (including phenoxy) is 1. The second-order valence-corrected chi connectivity index (χ2v) is 9.05. The summed E-state index contributed by atoms with van der Waals surface area (Å²) in [6.07, 6.45) is 11.0. The van der Waals surface area contributed by atoms with Crippen LogP contribution in [-0.4, -0.2) is 47.8 Å². The number of rotatable bonds is 7. The maximum Gasteiger partial charge on any atom is 0.224 e. The first-order chi connectivity index (χ1) is 18.3. The van der Waals surface area contributed by atoms with Crippen molar-refractivity contribution in [3.8, 4) is 29.0 Å². The van der Waals surface area contributed by atoms with Gasteiger partial charge in [0.05, 0.1) is 30.4 Å². The summed E-state index contributed by atoms with van der Waals surface area (Å²) >= 11 is 0. The van der Waals surface area contributed by atoms with Crippen molar-refractivity contribution in [2.75, 3.05) is 18.0 Å². The number of benzene rings is 1. The first-order valence-electron chi connectivity index (χ1n) is 12.3. The summed E-state index contributed by atoms with van der Waals surface area (Å²) < 4.78 is 7.82. The first kappa shape index (κ1) is 22.7. The van der Waals surface area contributed by atoms with Crippen LogP contribution in [0.25, 0.3) is 22.3 Å². The van der Waals surface area contributed by atoms with Gasteiger partial charge in [-0.2, -0.15) is 10.4 Å². The molecule has 184 valence electrons. The lowest BCUT2D eigenvalue weighted by Gasteiger charge is -2.36. The third-order valence-electron chi connectivity index (χ3n) is 6.87. The summed E-state index contributed by atoms with van der Waals surface area (Å²) in [6.45, 7) is 1.66. The Bertz CT molecular complexity index is 1530. The van der Waals surface area contributed by atoms with E-state index in [9.17, 15) is 5.26 Å². The zero-order valence-electron chi connectivity index (χ0n) is 20.1. The third-order valence-corrected chi connectivity index (χ3v) is 6.87. The highest BCUT2D eigenvalue weighted by molar-refractivity contribution is 5.89. The Labute approximate surface area is 213 Å². The predicted molar refractivity (Wildman–Crippen MR) is 138 cm³/mol. The standard InChI is InChI=1S/C27H25N9O/c28-10-6-23(36-16-20(15-34-36)26-22-7-11-29-27(22)33-18-32-26)19-8-12-35(13-9-19)24-14-25(31-17-30-24)37-21-4-2-1-3-5-21/h1-5,7,11,14-19,23H,6,8-9,12-13H2,(H,29,32,33). The molecule has 1 aliphatic rings. The molecule has 6 rings (SSSR count). The van der Waals surface area contributed by atoms with Gasteiger partial charge in [0.1, 0.15) is 29.9 Å². The Morgan fingerprint density at radius 2 is 1.89 bits per heavy atom. The number of hydrogen-bond donors (Lipinski definition) is 1. The summed E-state index contributed by atoms with van der Waals surface area (Å²) in [5, 5.41) is 15.2. The van der Waals surface area contributed by atoms with Gasteiger partial charge in [0.25, 0.3) is 0 Å². The van der Waals surface area contributed by atoms with Crippen LogP contribution in [0, 0.1) is 17.2 Å². The van der Waals surface area contributed by atoms with Crippen molar-refractivity contribution in [3.05, 3.63) is 73.7 Å². The Balaban J connectivity index is 1.15. The van der Waals surface area contributed by atoms with Crippen molar-refractivity contribution in [2.45, 2.75) is 25.3 Å². The zero-order chi connectivity index (χ0) is 25.0. The van der Waals surface area contributed by atoms with Gasteiger partial charge in [-0.15, -0.1) is 0 Å². The summed E-state index contributed by atoms with van der Waals surface area (Å²) in [5.74, 6) is 2.43. The molecule has 1 fully saturated rings. The molecule has 10 heteroatoms. The number of nitriles is 1. The van der Waals surface area contributed by atoms with Crippen LogP contribution in [0.4, 0.5) is 5.82 Å². The number of H-pyrrole nitrogens is 1. The molecule has 1 atom stereocenters. The second kappa shape index (κ2) is 10.1. The molecule has 0 bridgehead atoms. The maximum absolute atomic E-state index is 9.59. The first-order valence-corrected chi connectivity index (χ1v) is 12.3. The van der Waals surface area contributed by atoms with Gasteiger partial charge in [-0.1, -0.05) is 18.2 Å². The number of fused-ring (bicyclic) bond motifs is 1. The Morgan fingerprint density at radius 3 is 2.73 bits per heavy atom. The molecular weight excluding hydrogens is 466 g/mol. The molecule has 1 N–H and O–H groups in total. The molecule has 5 aromatic rings. The van der Waals surface area contributed by atoms with Gasteiger partial charge in [-0.3, -0.25) is 4.68 Å². The highest BCUT2D eigenvalue weighted by Gasteiger charge is 2.29. The average molecular weight is 492 g/mol. The smallest absolute Gasteiger partial charge is 0.224 e. The van der Waals surface area contributed by atoms with E-state index in [0.29, 0.717) is 18.2 Å². The van der Waals surface area contributed by atoms with Crippen molar-refractivity contribution in [1.82, 2.24) is 34.7 Å². The number of para-hydroxylation sites is 1. The molecular formula is C27H25N9O. The van der Waals surface area contributed by atoms with Gasteiger partial charge >= 0.3 is 0 Å². The number of nitrogens with zero attached hydrogens (tertiary/aromatic N) is 8. The molecule has 37 heavy (non-hydrogen) atoms. The van der Waals surface area contributed by atoms with E-state index >= 15 is 0 Å². The minimum Gasteiger partial charge on any atom is -0.439 e. The molecule has 4 aromatic heterocycles. The molecule has 1 unspecified atom stereocenters. The van der Waals surface area contributed by atoms with Crippen molar-refractivity contribution >= 4 is 16.9 Å². The van der Waals surface area contributed by atoms with Crippen molar-refractivity contribution in [3.63, 3.8) is 0 Å². The van der Waals surface area contributed by atoms with E-state index < -0.39 is 0 Å². The molecule has 0 spiro atoms. The van der Waals surface area contributed by atoms with Crippen molar-refractivity contribution in [2.24, 2.45) is 5.92 Å². The zero-order valence-corrected chi connectivity index (χ0v) is 20.1. The lowest BCUT2D eigenvalue weighted by molar-refractivity contribution is 0.260. The average Bonchev–Trinajstić information content (AvgIpc) is 3.63. The normalized spacial score (nSPS) is 14.9. The molecule has 5 heterocycles. The molecule has 0 amide bonds. The molecule has 10 nitrogen and oxygen atoms in total. The Hall–Kier alpha value is -4.78. The lowest BCUT2D eigenvalue weighted by atomic mass is 9.88. The molecule has 0 saturated carbocycles. The van der Waals surface area contributed by atoms with Crippen LogP contribution in [0.5, 0.6) is 11.6 Å². The number of hydrogen-bond acceptors (Lipinski definition) is 8. The van der Waals surface area contributed by atoms with Gasteiger partial charge in [0, 0.05) is 42.5 Å². The predicted octanol–water partition coefficient (Wildman–Crippen LogP) is 4.78. The number of aromatic nitrogens is 7. The maximum atomic E-state index is 9.59. The quantitative estimate of drug-likeness (QED) is 0.345. The highest BCUT2D eigenvalue weighted by Crippen LogP contribution is 2.34. The van der Waals surface area contributed by atoms with Gasteiger partial charge in [-0.25, -0.2) is 19.9 Å². The summed E-state index contributed by atoms with van der Waals surface area (Å²) in [6, 6.07) is 15.8. The van der Waals surface area contributed by atoms with Gasteiger partial charge in [-0.05, 0) is 37.0 Å². The van der Waals surface area contributed by atoms with E-state index in [4.69, 9.17) is 4.74 Å². The largest absolute Gasteiger partial charge is 0.439 e. The van der Waals surface area contributed by atoms with Gasteiger partial charge in [0.15, 0.2) is 0 Å². The lowest BCUT2D eigenvalue weighted by Crippen LogP contribution is -2.37. The summed E-state index contributed by atoms with van der Waals surface area (Å²) in [5.41, 5.74) is 2.54. The van der Waals surface area contributed by atoms with E-state index in [-0.39, 0.29) is 6.04 Å². The third kappa shape index (κ3) is 4.71. The van der Waals surface area contributed by atoms with Crippen LogP contribution in [-0.2, 0) is 0 Å². The van der Waals surface area contributed by atoms with Crippen molar-refractivity contribution < 1.29 is 4.74 Å². The number of aromatic amines is 1. The Morgan fingerprint density at radius 1 is 1.05 bits per heavy atom. The van der Waals surface area contributed by atoms with Crippen LogP contribution in [0.15, 0.2) is 73.7 Å². The number of piperidine rings is 1. The topological polar surface area (TPSA) is 121 Å². The SMILES string of the molecule is N#CCC(C1CCN(c2cc(Oc3ccccc3)ncn2)CC1)n1cc(-c2ncnc3[nH]ccc23)cn1. The van der Waals surface area contributed by atoms with Crippen LogP contribution >= 0.6 is 0 Å². The molecule has 0 aliphatic carbocycles. The molecule has 1 aromatic carbocycles. The molecule has 1 saturated heterocycles.